The van der Waals surface area contributed by atoms with Crippen molar-refractivity contribution in [2.24, 2.45) is 5.92 Å². The number of rotatable bonds is 10. The molecule has 0 saturated carbocycles. The third-order valence-electron chi connectivity index (χ3n) is 4.70. The number of ether oxygens (including phenoxy) is 2. The molecule has 0 aliphatic carbocycles. The Kier molecular flexibility index (Phi) is 20.4. The number of aliphatic hydroxyl groups is 2. The van der Waals surface area contributed by atoms with Gasteiger partial charge >= 0.3 is 0 Å². The Morgan fingerprint density at radius 1 is 0.971 bits per heavy atom. The number of hydrazine groups is 1. The van der Waals surface area contributed by atoms with Gasteiger partial charge in [0.15, 0.2) is 0 Å². The molecule has 3 rings (SSSR count). The van der Waals surface area contributed by atoms with Crippen LogP contribution < -0.4 is 15.8 Å². The standard InChI is InChI=1S/C13H16N2O2.C4H7NO.C4H10O3.C4H10O/c1-2-3-9-11-12(16)14-15(13(11)17)10-7-5-4-6-8-10;6-4-2-1-3-5-4;5-1-3-7-4-2-6;1-3-5-4-2/h4-8,11H,2-3,9H2,1H3,(H,14,16);1-3H2,(H,5,6);5-6H,1-4H2;3-4H2,1-2H3. The largest absolute Gasteiger partial charge is 0.394 e. The van der Waals surface area contributed by atoms with Crippen molar-refractivity contribution < 1.29 is 34.1 Å². The summed E-state index contributed by atoms with van der Waals surface area (Å²) in [5.74, 6) is -0.646. The zero-order valence-corrected chi connectivity index (χ0v) is 21.3. The Hall–Kier alpha value is -2.53. The van der Waals surface area contributed by atoms with Gasteiger partial charge in [-0.05, 0) is 38.8 Å². The van der Waals surface area contributed by atoms with Crippen molar-refractivity contribution in [1.29, 1.82) is 0 Å². The first-order valence-electron chi connectivity index (χ1n) is 12.3. The van der Waals surface area contributed by atoms with Gasteiger partial charge in [0, 0.05) is 26.2 Å². The van der Waals surface area contributed by atoms with Crippen LogP contribution in [0.4, 0.5) is 5.69 Å². The molecule has 10 heteroatoms. The number of hydrogen-bond acceptors (Lipinski definition) is 7. The number of nitrogens with zero attached hydrogens (tertiary/aromatic N) is 1. The molecule has 1 unspecified atom stereocenters. The van der Waals surface area contributed by atoms with Crippen molar-refractivity contribution in [1.82, 2.24) is 10.7 Å². The van der Waals surface area contributed by atoms with Gasteiger partial charge in [-0.1, -0.05) is 38.0 Å². The lowest BCUT2D eigenvalue weighted by Crippen LogP contribution is -2.35. The van der Waals surface area contributed by atoms with Crippen LogP contribution >= 0.6 is 0 Å². The second-order valence-electron chi connectivity index (χ2n) is 7.47. The average Bonchev–Trinajstić information content (AvgIpc) is 3.46. The summed E-state index contributed by atoms with van der Waals surface area (Å²) in [5.41, 5.74) is 3.34. The Balaban J connectivity index is 0.000000529. The highest BCUT2D eigenvalue weighted by atomic mass is 16.5. The van der Waals surface area contributed by atoms with E-state index in [0.717, 1.165) is 45.4 Å². The van der Waals surface area contributed by atoms with E-state index in [1.807, 2.05) is 39.0 Å². The Morgan fingerprint density at radius 3 is 2.00 bits per heavy atom. The number of carbonyl (C=O) groups is 3. The van der Waals surface area contributed by atoms with Gasteiger partial charge in [0.05, 0.1) is 32.1 Å². The number of carbonyl (C=O) groups excluding carboxylic acids is 3. The third-order valence-corrected chi connectivity index (χ3v) is 4.70. The highest BCUT2D eigenvalue weighted by molar-refractivity contribution is 6.14. The van der Waals surface area contributed by atoms with E-state index >= 15 is 0 Å². The first-order valence-corrected chi connectivity index (χ1v) is 12.3. The van der Waals surface area contributed by atoms with E-state index in [1.54, 1.807) is 12.1 Å². The van der Waals surface area contributed by atoms with Crippen LogP contribution in [-0.2, 0) is 23.9 Å². The molecule has 10 nitrogen and oxygen atoms in total. The summed E-state index contributed by atoms with van der Waals surface area (Å²) in [5, 5.41) is 20.2. The molecule has 2 aliphatic heterocycles. The van der Waals surface area contributed by atoms with Crippen LogP contribution in [0, 0.1) is 5.92 Å². The van der Waals surface area contributed by atoms with Gasteiger partial charge in [0.2, 0.25) is 5.91 Å². The number of nitrogens with one attached hydrogen (secondary N) is 2. The fraction of sp³-hybridized carbons (Fsp3) is 0.640. The summed E-state index contributed by atoms with van der Waals surface area (Å²) in [4.78, 5) is 33.9. The van der Waals surface area contributed by atoms with Gasteiger partial charge in [-0.25, -0.2) is 5.01 Å². The van der Waals surface area contributed by atoms with E-state index in [4.69, 9.17) is 14.9 Å². The van der Waals surface area contributed by atoms with Crippen molar-refractivity contribution in [2.75, 3.05) is 51.2 Å². The van der Waals surface area contributed by atoms with Crippen LogP contribution in [0.3, 0.4) is 0 Å². The SMILES string of the molecule is CCCCC1C(=O)NN(c2ccccc2)C1=O.CCOCC.O=C1CCCN1.OCCOCCO. The number of para-hydroxylation sites is 1. The van der Waals surface area contributed by atoms with Crippen LogP contribution in [0.15, 0.2) is 30.3 Å². The second-order valence-corrected chi connectivity index (χ2v) is 7.47. The molecule has 2 saturated heterocycles. The van der Waals surface area contributed by atoms with E-state index in [1.165, 1.54) is 5.01 Å². The number of unbranched alkanes of at least 4 members (excludes halogenated alkanes) is 1. The summed E-state index contributed by atoms with van der Waals surface area (Å²) in [7, 11) is 0. The zero-order chi connectivity index (χ0) is 26.3. The van der Waals surface area contributed by atoms with Crippen molar-refractivity contribution in [3.63, 3.8) is 0 Å². The molecule has 1 aromatic carbocycles. The highest BCUT2D eigenvalue weighted by Crippen LogP contribution is 2.22. The molecule has 0 bridgehead atoms. The topological polar surface area (TPSA) is 137 Å². The van der Waals surface area contributed by atoms with Gasteiger partial charge in [0.25, 0.3) is 11.8 Å². The van der Waals surface area contributed by atoms with Gasteiger partial charge in [-0.2, -0.15) is 0 Å². The maximum Gasteiger partial charge on any atom is 0.258 e. The molecule has 2 heterocycles. The molecule has 1 atom stereocenters. The maximum absolute atomic E-state index is 12.1. The lowest BCUT2D eigenvalue weighted by molar-refractivity contribution is -0.128. The molecule has 0 radical (unpaired) electrons. The summed E-state index contributed by atoms with van der Waals surface area (Å²) in [6, 6.07) is 9.17. The lowest BCUT2D eigenvalue weighted by Gasteiger charge is -2.14. The van der Waals surface area contributed by atoms with Crippen molar-refractivity contribution in [2.45, 2.75) is 52.9 Å². The number of benzene rings is 1. The summed E-state index contributed by atoms with van der Waals surface area (Å²) in [6.45, 7) is 9.30. The molecule has 4 N–H and O–H groups in total. The quantitative estimate of drug-likeness (QED) is 0.286. The minimum Gasteiger partial charge on any atom is -0.394 e. The van der Waals surface area contributed by atoms with E-state index in [0.29, 0.717) is 25.3 Å². The molecular formula is C25H43N3O7. The van der Waals surface area contributed by atoms with Crippen LogP contribution in [0.25, 0.3) is 0 Å². The van der Waals surface area contributed by atoms with E-state index < -0.39 is 5.92 Å². The molecule has 2 aliphatic rings. The number of anilines is 1. The third kappa shape index (κ3) is 15.2. The van der Waals surface area contributed by atoms with Gasteiger partial charge in [-0.15, -0.1) is 0 Å². The maximum atomic E-state index is 12.1. The molecular weight excluding hydrogens is 454 g/mol. The van der Waals surface area contributed by atoms with Gasteiger partial charge in [-0.3, -0.25) is 19.8 Å². The first-order chi connectivity index (χ1) is 17.0. The van der Waals surface area contributed by atoms with Crippen molar-refractivity contribution in [3.05, 3.63) is 30.3 Å². The molecule has 1 aromatic rings. The molecule has 0 aromatic heterocycles. The Morgan fingerprint density at radius 2 is 1.60 bits per heavy atom. The summed E-state index contributed by atoms with van der Waals surface area (Å²) >= 11 is 0. The predicted molar refractivity (Wildman–Crippen MR) is 134 cm³/mol. The molecule has 2 fully saturated rings. The summed E-state index contributed by atoms with van der Waals surface area (Å²) in [6.07, 6.45) is 4.28. The number of aliphatic hydroxyl groups excluding tert-OH is 2. The highest BCUT2D eigenvalue weighted by Gasteiger charge is 2.39. The van der Waals surface area contributed by atoms with Gasteiger partial charge in [0.1, 0.15) is 5.92 Å². The minimum absolute atomic E-state index is 0.0278. The van der Waals surface area contributed by atoms with E-state index in [2.05, 4.69) is 15.5 Å². The fourth-order valence-corrected chi connectivity index (χ4v) is 2.94. The number of hydrogen-bond donors (Lipinski definition) is 4. The zero-order valence-electron chi connectivity index (χ0n) is 21.3. The van der Waals surface area contributed by atoms with Crippen LogP contribution in [-0.4, -0.2) is 74.1 Å². The van der Waals surface area contributed by atoms with E-state index in [9.17, 15) is 14.4 Å². The molecule has 200 valence electrons. The Bertz CT molecular complexity index is 675. The smallest absolute Gasteiger partial charge is 0.258 e. The average molecular weight is 498 g/mol. The molecule has 3 amide bonds. The first kappa shape index (κ1) is 32.5. The van der Waals surface area contributed by atoms with Crippen LogP contribution in [0.5, 0.6) is 0 Å². The normalized spacial score (nSPS) is 16.2. The van der Waals surface area contributed by atoms with E-state index in [-0.39, 0.29) is 30.9 Å². The van der Waals surface area contributed by atoms with Crippen LogP contribution in [0.1, 0.15) is 52.9 Å². The summed E-state index contributed by atoms with van der Waals surface area (Å²) < 4.78 is 9.47. The fourth-order valence-electron chi connectivity index (χ4n) is 2.94. The number of amides is 3. The lowest BCUT2D eigenvalue weighted by atomic mass is 10.0. The van der Waals surface area contributed by atoms with Gasteiger partial charge < -0.3 is 25.0 Å². The molecule has 35 heavy (non-hydrogen) atoms. The van der Waals surface area contributed by atoms with Crippen molar-refractivity contribution >= 4 is 23.4 Å². The van der Waals surface area contributed by atoms with Crippen LogP contribution in [0.2, 0.25) is 0 Å². The predicted octanol–water partition coefficient (Wildman–Crippen LogP) is 1.80. The minimum atomic E-state index is -0.518. The second kappa shape index (κ2) is 22.0. The van der Waals surface area contributed by atoms with Crippen molar-refractivity contribution in [3.8, 4) is 0 Å². The Labute approximate surface area is 209 Å². The monoisotopic (exact) mass is 497 g/mol. The molecule has 0 spiro atoms.